The van der Waals surface area contributed by atoms with Gasteiger partial charge in [-0.1, -0.05) is 38.1 Å². The van der Waals surface area contributed by atoms with Gasteiger partial charge in [-0.25, -0.2) is 4.79 Å². The maximum absolute atomic E-state index is 12.5. The van der Waals surface area contributed by atoms with Crippen LogP contribution < -0.4 is 5.32 Å². The number of nitrogens with one attached hydrogen (secondary N) is 1. The fourth-order valence-corrected chi connectivity index (χ4v) is 2.91. The molecule has 1 aliphatic heterocycles. The van der Waals surface area contributed by atoms with E-state index in [-0.39, 0.29) is 18.5 Å². The quantitative estimate of drug-likeness (QED) is 0.817. The van der Waals surface area contributed by atoms with E-state index in [1.807, 2.05) is 24.3 Å². The van der Waals surface area contributed by atoms with Gasteiger partial charge in [0.2, 0.25) is 0 Å². The lowest BCUT2D eigenvalue weighted by Crippen LogP contribution is -2.34. The molecule has 1 unspecified atom stereocenters. The lowest BCUT2D eigenvalue weighted by molar-refractivity contribution is -0.141. The predicted molar refractivity (Wildman–Crippen MR) is 90.8 cm³/mol. The molecule has 1 saturated heterocycles. The molecular weight excluding hydrogens is 292 g/mol. The van der Waals surface area contributed by atoms with E-state index in [1.165, 1.54) is 0 Å². The van der Waals surface area contributed by atoms with E-state index in [1.54, 1.807) is 4.90 Å². The van der Waals surface area contributed by atoms with Crippen molar-refractivity contribution in [2.75, 3.05) is 18.4 Å². The van der Waals surface area contributed by atoms with Crippen LogP contribution in [0.25, 0.3) is 0 Å². The number of urea groups is 1. The van der Waals surface area contributed by atoms with Gasteiger partial charge in [0.25, 0.3) is 0 Å². The van der Waals surface area contributed by atoms with Crippen LogP contribution in [0.2, 0.25) is 0 Å². The molecule has 1 aliphatic rings. The summed E-state index contributed by atoms with van der Waals surface area (Å²) in [6.07, 6.45) is 2.99. The van der Waals surface area contributed by atoms with E-state index in [0.29, 0.717) is 19.4 Å². The normalized spacial score (nSPS) is 17.3. The van der Waals surface area contributed by atoms with Gasteiger partial charge in [0, 0.05) is 18.8 Å². The Hall–Kier alpha value is -2.30. The van der Waals surface area contributed by atoms with Crippen LogP contribution in [0, 0.1) is 5.92 Å². The van der Waals surface area contributed by atoms with Crippen molar-refractivity contribution in [2.24, 2.45) is 5.92 Å². The molecular formula is C18H24N2O3. The number of carboxylic acid groups (broad SMARTS) is 1. The maximum Gasteiger partial charge on any atom is 0.321 e. The zero-order valence-electron chi connectivity index (χ0n) is 13.7. The summed E-state index contributed by atoms with van der Waals surface area (Å²) in [6, 6.07) is 5.75. The van der Waals surface area contributed by atoms with Gasteiger partial charge in [-0.3, -0.25) is 4.79 Å². The number of rotatable bonds is 5. The molecule has 0 aromatic heterocycles. The second-order valence-corrected chi connectivity index (χ2v) is 6.23. The summed E-state index contributed by atoms with van der Waals surface area (Å²) in [5, 5.41) is 12.1. The van der Waals surface area contributed by atoms with Gasteiger partial charge in [-0.2, -0.15) is 0 Å². The van der Waals surface area contributed by atoms with Gasteiger partial charge in [-0.05, 0) is 29.9 Å². The second-order valence-electron chi connectivity index (χ2n) is 6.23. The maximum atomic E-state index is 12.5. The third-order valence-electron chi connectivity index (χ3n) is 4.23. The average Bonchev–Trinajstić information content (AvgIpc) is 2.99. The van der Waals surface area contributed by atoms with Crippen LogP contribution in [-0.2, 0) is 11.2 Å². The Balaban J connectivity index is 2.20. The van der Waals surface area contributed by atoms with Crippen molar-refractivity contribution < 1.29 is 14.7 Å². The SMILES string of the molecule is C=CCc1cccc(C(C)C)c1NC(=O)N1CCC(C(=O)O)C1. The Labute approximate surface area is 137 Å². The van der Waals surface area contributed by atoms with Crippen LogP contribution in [0.3, 0.4) is 0 Å². The standard InChI is InChI=1S/C18H24N2O3/c1-4-6-13-7-5-8-15(12(2)3)16(13)19-18(23)20-10-9-14(11-20)17(21)22/h4-5,7-8,12,14H,1,6,9-11H2,2-3H3,(H,19,23)(H,21,22). The van der Waals surface area contributed by atoms with Crippen LogP contribution in [0.1, 0.15) is 37.3 Å². The van der Waals surface area contributed by atoms with Crippen LogP contribution in [-0.4, -0.2) is 35.1 Å². The van der Waals surface area contributed by atoms with Crippen molar-refractivity contribution >= 4 is 17.7 Å². The molecule has 0 aliphatic carbocycles. The van der Waals surface area contributed by atoms with Gasteiger partial charge in [0.05, 0.1) is 5.92 Å². The number of amides is 2. The Morgan fingerprint density at radius 3 is 2.78 bits per heavy atom. The Morgan fingerprint density at radius 1 is 1.48 bits per heavy atom. The summed E-state index contributed by atoms with van der Waals surface area (Å²) in [6.45, 7) is 8.68. The van der Waals surface area contributed by atoms with E-state index in [4.69, 9.17) is 5.11 Å². The summed E-state index contributed by atoms with van der Waals surface area (Å²) in [7, 11) is 0. The van der Waals surface area contributed by atoms with Gasteiger partial charge < -0.3 is 15.3 Å². The molecule has 1 aromatic carbocycles. The van der Waals surface area contributed by atoms with Gasteiger partial charge in [0.1, 0.15) is 0 Å². The van der Waals surface area contributed by atoms with Crippen molar-refractivity contribution in [3.8, 4) is 0 Å². The highest BCUT2D eigenvalue weighted by molar-refractivity contribution is 5.92. The number of likely N-dealkylation sites (tertiary alicyclic amines) is 1. The first kappa shape index (κ1) is 17.1. The molecule has 0 radical (unpaired) electrons. The molecule has 0 saturated carbocycles. The molecule has 2 amide bonds. The lowest BCUT2D eigenvalue weighted by atomic mass is 9.96. The number of benzene rings is 1. The van der Waals surface area contributed by atoms with Crippen LogP contribution in [0.5, 0.6) is 0 Å². The molecule has 1 aromatic rings. The Morgan fingerprint density at radius 2 is 2.22 bits per heavy atom. The third-order valence-corrected chi connectivity index (χ3v) is 4.23. The fourth-order valence-electron chi connectivity index (χ4n) is 2.91. The molecule has 1 heterocycles. The highest BCUT2D eigenvalue weighted by atomic mass is 16.4. The topological polar surface area (TPSA) is 69.6 Å². The molecule has 124 valence electrons. The zero-order valence-corrected chi connectivity index (χ0v) is 13.7. The van der Waals surface area contributed by atoms with E-state index >= 15 is 0 Å². The molecule has 5 heteroatoms. The van der Waals surface area contributed by atoms with Crippen LogP contribution >= 0.6 is 0 Å². The van der Waals surface area contributed by atoms with E-state index in [0.717, 1.165) is 16.8 Å². The van der Waals surface area contributed by atoms with E-state index in [2.05, 4.69) is 25.7 Å². The number of carbonyl (C=O) groups excluding carboxylic acids is 1. The van der Waals surface area contributed by atoms with Gasteiger partial charge >= 0.3 is 12.0 Å². The van der Waals surface area contributed by atoms with E-state index < -0.39 is 11.9 Å². The van der Waals surface area contributed by atoms with Gasteiger partial charge in [0.15, 0.2) is 0 Å². The van der Waals surface area contributed by atoms with E-state index in [9.17, 15) is 9.59 Å². The molecule has 2 rings (SSSR count). The first-order chi connectivity index (χ1) is 10.9. The Kier molecular flexibility index (Phi) is 5.42. The number of nitrogens with zero attached hydrogens (tertiary/aromatic N) is 1. The zero-order chi connectivity index (χ0) is 17.0. The number of allylic oxidation sites excluding steroid dienone is 1. The first-order valence-electron chi connectivity index (χ1n) is 7.95. The monoisotopic (exact) mass is 316 g/mol. The summed E-state index contributed by atoms with van der Waals surface area (Å²) >= 11 is 0. The summed E-state index contributed by atoms with van der Waals surface area (Å²) in [5.41, 5.74) is 2.92. The minimum absolute atomic E-state index is 0.229. The summed E-state index contributed by atoms with van der Waals surface area (Å²) in [4.78, 5) is 25.1. The number of aliphatic carboxylic acids is 1. The molecule has 1 atom stereocenters. The molecule has 0 spiro atoms. The van der Waals surface area contributed by atoms with Crippen molar-refractivity contribution in [3.05, 3.63) is 42.0 Å². The molecule has 5 nitrogen and oxygen atoms in total. The van der Waals surface area contributed by atoms with Crippen LogP contribution in [0.15, 0.2) is 30.9 Å². The minimum Gasteiger partial charge on any atom is -0.481 e. The average molecular weight is 316 g/mol. The highest BCUT2D eigenvalue weighted by Crippen LogP contribution is 2.29. The van der Waals surface area contributed by atoms with Crippen LogP contribution in [0.4, 0.5) is 10.5 Å². The lowest BCUT2D eigenvalue weighted by Gasteiger charge is -2.21. The summed E-state index contributed by atoms with van der Waals surface area (Å²) < 4.78 is 0. The Bertz CT molecular complexity index is 610. The largest absolute Gasteiger partial charge is 0.481 e. The van der Waals surface area contributed by atoms with Crippen molar-refractivity contribution in [3.63, 3.8) is 0 Å². The second kappa shape index (κ2) is 7.31. The van der Waals surface area contributed by atoms with Gasteiger partial charge in [-0.15, -0.1) is 6.58 Å². The predicted octanol–water partition coefficient (Wildman–Crippen LogP) is 3.48. The molecule has 2 N–H and O–H groups in total. The smallest absolute Gasteiger partial charge is 0.321 e. The summed E-state index contributed by atoms with van der Waals surface area (Å²) in [5.74, 6) is -1.02. The molecule has 1 fully saturated rings. The number of para-hydroxylation sites is 1. The van der Waals surface area contributed by atoms with Crippen molar-refractivity contribution in [1.82, 2.24) is 4.90 Å². The minimum atomic E-state index is -0.838. The molecule has 0 bridgehead atoms. The fraction of sp³-hybridized carbons (Fsp3) is 0.444. The van der Waals surface area contributed by atoms with Crippen molar-refractivity contribution in [1.29, 1.82) is 0 Å². The number of carbonyl (C=O) groups is 2. The molecule has 23 heavy (non-hydrogen) atoms. The number of carboxylic acids is 1. The highest BCUT2D eigenvalue weighted by Gasteiger charge is 2.31. The van der Waals surface area contributed by atoms with Crippen molar-refractivity contribution in [2.45, 2.75) is 32.6 Å². The number of anilines is 1. The first-order valence-corrected chi connectivity index (χ1v) is 7.95. The number of hydrogen-bond acceptors (Lipinski definition) is 2. The third kappa shape index (κ3) is 3.92. The number of hydrogen-bond donors (Lipinski definition) is 2.